The SMILES string of the molecule is CC(Oc1ccc(C#N)cc1)C(=O)N1CCN(S(=O)(=O)c2cccc(Br)c2)CC1. The number of carbonyl (C=O) groups excluding carboxylic acids is 1. The van der Waals surface area contributed by atoms with Gasteiger partial charge < -0.3 is 9.64 Å². The van der Waals surface area contributed by atoms with E-state index in [1.165, 1.54) is 4.31 Å². The molecule has 29 heavy (non-hydrogen) atoms. The van der Waals surface area contributed by atoms with Gasteiger partial charge in [0, 0.05) is 30.7 Å². The summed E-state index contributed by atoms with van der Waals surface area (Å²) in [7, 11) is -3.60. The van der Waals surface area contributed by atoms with E-state index in [0.29, 0.717) is 28.9 Å². The summed E-state index contributed by atoms with van der Waals surface area (Å²) in [5.74, 6) is 0.301. The second kappa shape index (κ2) is 8.95. The molecule has 0 aliphatic carbocycles. The molecule has 2 aromatic rings. The topological polar surface area (TPSA) is 90.7 Å². The van der Waals surface area contributed by atoms with Gasteiger partial charge in [-0.3, -0.25) is 4.79 Å². The molecule has 1 atom stereocenters. The second-order valence-corrected chi connectivity index (χ2v) is 9.44. The third-order valence-electron chi connectivity index (χ3n) is 4.63. The van der Waals surface area contributed by atoms with Crippen LogP contribution in [0.25, 0.3) is 0 Å². The highest BCUT2D eigenvalue weighted by molar-refractivity contribution is 9.10. The number of hydrogen-bond donors (Lipinski definition) is 0. The lowest BCUT2D eigenvalue weighted by molar-refractivity contribution is -0.139. The first-order valence-corrected chi connectivity index (χ1v) is 11.3. The van der Waals surface area contributed by atoms with Crippen LogP contribution < -0.4 is 4.74 Å². The highest BCUT2D eigenvalue weighted by Crippen LogP contribution is 2.22. The van der Waals surface area contributed by atoms with E-state index < -0.39 is 16.1 Å². The van der Waals surface area contributed by atoms with Crippen molar-refractivity contribution in [3.05, 3.63) is 58.6 Å². The Labute approximate surface area is 178 Å². The van der Waals surface area contributed by atoms with E-state index in [-0.39, 0.29) is 23.9 Å². The first-order valence-electron chi connectivity index (χ1n) is 9.02. The molecule has 3 rings (SSSR count). The van der Waals surface area contributed by atoms with Crippen molar-refractivity contribution in [3.63, 3.8) is 0 Å². The number of halogens is 1. The Hall–Kier alpha value is -2.41. The first-order chi connectivity index (χ1) is 13.8. The molecule has 0 radical (unpaired) electrons. The average Bonchev–Trinajstić information content (AvgIpc) is 2.74. The lowest BCUT2D eigenvalue weighted by Crippen LogP contribution is -2.53. The molecule has 152 valence electrons. The summed E-state index contributed by atoms with van der Waals surface area (Å²) in [4.78, 5) is 14.5. The number of nitrogens with zero attached hydrogens (tertiary/aromatic N) is 3. The normalized spacial score (nSPS) is 16.1. The van der Waals surface area contributed by atoms with Crippen LogP contribution >= 0.6 is 15.9 Å². The molecule has 7 nitrogen and oxygen atoms in total. The van der Waals surface area contributed by atoms with Crippen LogP contribution in [0, 0.1) is 11.3 Å². The summed E-state index contributed by atoms with van der Waals surface area (Å²) < 4.78 is 33.4. The maximum absolute atomic E-state index is 12.8. The number of sulfonamides is 1. The Balaban J connectivity index is 1.59. The van der Waals surface area contributed by atoms with Gasteiger partial charge in [-0.1, -0.05) is 22.0 Å². The monoisotopic (exact) mass is 477 g/mol. The van der Waals surface area contributed by atoms with Crippen LogP contribution in [0.4, 0.5) is 0 Å². The zero-order valence-electron chi connectivity index (χ0n) is 15.8. The highest BCUT2D eigenvalue weighted by atomic mass is 79.9. The zero-order valence-corrected chi connectivity index (χ0v) is 18.2. The van der Waals surface area contributed by atoms with Gasteiger partial charge in [-0.05, 0) is 49.4 Å². The number of piperazine rings is 1. The maximum Gasteiger partial charge on any atom is 0.263 e. The van der Waals surface area contributed by atoms with Gasteiger partial charge in [-0.15, -0.1) is 0 Å². The molecule has 0 aromatic heterocycles. The minimum Gasteiger partial charge on any atom is -0.481 e. The number of amides is 1. The van der Waals surface area contributed by atoms with E-state index in [2.05, 4.69) is 15.9 Å². The largest absolute Gasteiger partial charge is 0.481 e. The molecule has 1 fully saturated rings. The molecule has 1 amide bonds. The molecule has 1 heterocycles. The third kappa shape index (κ3) is 4.96. The molecular weight excluding hydrogens is 458 g/mol. The molecule has 1 aliphatic rings. The number of carbonyl (C=O) groups is 1. The van der Waals surface area contributed by atoms with Crippen molar-refractivity contribution in [1.82, 2.24) is 9.21 Å². The highest BCUT2D eigenvalue weighted by Gasteiger charge is 2.32. The Morgan fingerprint density at radius 1 is 1.14 bits per heavy atom. The standard InChI is InChI=1S/C20H20BrN3O4S/c1-15(28-18-7-5-16(14-22)6-8-18)20(25)23-9-11-24(12-10-23)29(26,27)19-4-2-3-17(21)13-19/h2-8,13,15H,9-12H2,1H3. The first kappa shape index (κ1) is 21.3. The molecule has 9 heteroatoms. The minimum atomic E-state index is -3.60. The Bertz CT molecular complexity index is 1030. The van der Waals surface area contributed by atoms with E-state index in [4.69, 9.17) is 10.00 Å². The van der Waals surface area contributed by atoms with Gasteiger partial charge in [0.1, 0.15) is 5.75 Å². The van der Waals surface area contributed by atoms with Crippen LogP contribution in [0.1, 0.15) is 12.5 Å². The number of hydrogen-bond acceptors (Lipinski definition) is 5. The summed E-state index contributed by atoms with van der Waals surface area (Å²) in [5.41, 5.74) is 0.513. The molecule has 2 aromatic carbocycles. The fourth-order valence-corrected chi connectivity index (χ4v) is 5.06. The predicted molar refractivity (Wildman–Crippen MR) is 111 cm³/mol. The molecule has 1 saturated heterocycles. The maximum atomic E-state index is 12.8. The van der Waals surface area contributed by atoms with Crippen molar-refractivity contribution in [3.8, 4) is 11.8 Å². The number of rotatable bonds is 5. The van der Waals surface area contributed by atoms with Crippen LogP contribution in [0.15, 0.2) is 57.9 Å². The molecular formula is C20H20BrN3O4S. The predicted octanol–water partition coefficient (Wildman–Crippen LogP) is 2.62. The van der Waals surface area contributed by atoms with Crippen LogP contribution in [0.3, 0.4) is 0 Å². The lowest BCUT2D eigenvalue weighted by atomic mass is 10.2. The molecule has 0 bridgehead atoms. The summed E-state index contributed by atoms with van der Waals surface area (Å²) in [6.45, 7) is 2.71. The van der Waals surface area contributed by atoms with Crippen molar-refractivity contribution in [2.24, 2.45) is 0 Å². The zero-order chi connectivity index (χ0) is 21.0. The lowest BCUT2D eigenvalue weighted by Gasteiger charge is -2.35. The second-order valence-electron chi connectivity index (χ2n) is 6.58. The van der Waals surface area contributed by atoms with Gasteiger partial charge in [0.2, 0.25) is 10.0 Å². The fraction of sp³-hybridized carbons (Fsp3) is 0.300. The van der Waals surface area contributed by atoms with E-state index in [1.54, 1.807) is 60.4 Å². The third-order valence-corrected chi connectivity index (χ3v) is 7.02. The van der Waals surface area contributed by atoms with Gasteiger partial charge in [0.15, 0.2) is 6.10 Å². The van der Waals surface area contributed by atoms with Crippen molar-refractivity contribution < 1.29 is 17.9 Å². The summed E-state index contributed by atoms with van der Waals surface area (Å²) in [6, 6.07) is 15.1. The van der Waals surface area contributed by atoms with Gasteiger partial charge in [-0.25, -0.2) is 8.42 Å². The van der Waals surface area contributed by atoms with Crippen LogP contribution in [0.5, 0.6) is 5.75 Å². The summed E-state index contributed by atoms with van der Waals surface area (Å²) in [5, 5.41) is 8.83. The van der Waals surface area contributed by atoms with E-state index in [1.807, 2.05) is 6.07 Å². The van der Waals surface area contributed by atoms with Crippen molar-refractivity contribution >= 4 is 31.9 Å². The molecule has 0 N–H and O–H groups in total. The fourth-order valence-electron chi connectivity index (χ4n) is 3.05. The van der Waals surface area contributed by atoms with Crippen molar-refractivity contribution in [1.29, 1.82) is 5.26 Å². The van der Waals surface area contributed by atoms with E-state index in [0.717, 1.165) is 0 Å². The van der Waals surface area contributed by atoms with Gasteiger partial charge >= 0.3 is 0 Å². The minimum absolute atomic E-state index is 0.200. The Morgan fingerprint density at radius 3 is 2.38 bits per heavy atom. The van der Waals surface area contributed by atoms with Crippen LogP contribution in [0.2, 0.25) is 0 Å². The molecule has 0 spiro atoms. The average molecular weight is 478 g/mol. The summed E-state index contributed by atoms with van der Waals surface area (Å²) in [6.07, 6.45) is -0.712. The van der Waals surface area contributed by atoms with E-state index in [9.17, 15) is 13.2 Å². The number of benzene rings is 2. The number of nitriles is 1. The quantitative estimate of drug-likeness (QED) is 0.659. The van der Waals surface area contributed by atoms with E-state index >= 15 is 0 Å². The number of ether oxygens (including phenoxy) is 1. The van der Waals surface area contributed by atoms with Crippen molar-refractivity contribution in [2.75, 3.05) is 26.2 Å². The van der Waals surface area contributed by atoms with Gasteiger partial charge in [0.25, 0.3) is 5.91 Å². The summed E-state index contributed by atoms with van der Waals surface area (Å²) >= 11 is 3.29. The van der Waals surface area contributed by atoms with Gasteiger partial charge in [-0.2, -0.15) is 9.57 Å². The van der Waals surface area contributed by atoms with Crippen LogP contribution in [-0.4, -0.2) is 55.8 Å². The smallest absolute Gasteiger partial charge is 0.263 e. The van der Waals surface area contributed by atoms with Crippen molar-refractivity contribution in [2.45, 2.75) is 17.9 Å². The Kier molecular flexibility index (Phi) is 6.57. The Morgan fingerprint density at radius 2 is 1.79 bits per heavy atom. The van der Waals surface area contributed by atoms with Crippen LogP contribution in [-0.2, 0) is 14.8 Å². The molecule has 0 saturated carbocycles. The molecule has 1 unspecified atom stereocenters. The van der Waals surface area contributed by atoms with Gasteiger partial charge in [0.05, 0.1) is 16.5 Å². The molecule has 1 aliphatic heterocycles.